The molecule has 160 valence electrons. The quantitative estimate of drug-likeness (QED) is 0.388. The molecular weight excluding hydrogens is 456 g/mol. The summed E-state index contributed by atoms with van der Waals surface area (Å²) in [5, 5.41) is 4.36. The lowest BCUT2D eigenvalue weighted by Crippen LogP contribution is -2.24. The van der Waals surface area contributed by atoms with Crippen molar-refractivity contribution in [3.8, 4) is 11.3 Å². The molecule has 2 aliphatic rings. The van der Waals surface area contributed by atoms with Crippen LogP contribution in [-0.4, -0.2) is 42.4 Å². The van der Waals surface area contributed by atoms with E-state index in [2.05, 4.69) is 36.3 Å². The molecule has 0 saturated carbocycles. The third-order valence-electron chi connectivity index (χ3n) is 5.65. The Hall–Kier alpha value is -2.87. The van der Waals surface area contributed by atoms with Gasteiger partial charge in [0.15, 0.2) is 5.82 Å². The highest BCUT2D eigenvalue weighted by Crippen LogP contribution is 2.26. The maximum Gasteiger partial charge on any atom is 0.229 e. The van der Waals surface area contributed by atoms with Crippen molar-refractivity contribution in [1.29, 1.82) is 0 Å². The molecule has 5 rings (SSSR count). The molecule has 8 heteroatoms. The van der Waals surface area contributed by atoms with E-state index in [0.717, 1.165) is 53.7 Å². The van der Waals surface area contributed by atoms with E-state index >= 15 is 0 Å². The molecule has 0 amide bonds. The second-order valence-corrected chi connectivity index (χ2v) is 8.79. The van der Waals surface area contributed by atoms with Crippen molar-refractivity contribution in [3.63, 3.8) is 0 Å². The predicted molar refractivity (Wildman–Crippen MR) is 128 cm³/mol. The molecule has 2 fully saturated rings. The summed E-state index contributed by atoms with van der Waals surface area (Å²) in [5.41, 5.74) is 4.10. The third-order valence-corrected chi connectivity index (χ3v) is 6.17. The average Bonchev–Trinajstić information content (AvgIpc) is 3.57. The molecule has 0 atom stereocenters. The first kappa shape index (κ1) is 20.1. The summed E-state index contributed by atoms with van der Waals surface area (Å²) in [6.45, 7) is 4.11. The highest BCUT2D eigenvalue weighted by Gasteiger charge is 2.20. The molecule has 2 aromatic heterocycles. The van der Waals surface area contributed by atoms with E-state index < -0.39 is 0 Å². The van der Waals surface area contributed by atoms with Crippen LogP contribution in [0, 0.1) is 0 Å². The smallest absolute Gasteiger partial charge is 0.229 e. The predicted octanol–water partition coefficient (Wildman–Crippen LogP) is 5.15. The van der Waals surface area contributed by atoms with Gasteiger partial charge in [0.05, 0.1) is 6.21 Å². The minimum absolute atomic E-state index is 0.680. The first-order valence-electron chi connectivity index (χ1n) is 10.8. The van der Waals surface area contributed by atoms with Gasteiger partial charge in [-0.15, -0.1) is 0 Å². The highest BCUT2D eigenvalue weighted by molar-refractivity contribution is 9.10. The van der Waals surface area contributed by atoms with Crippen LogP contribution in [0.3, 0.4) is 0 Å². The molecule has 31 heavy (non-hydrogen) atoms. The van der Waals surface area contributed by atoms with E-state index in [9.17, 15) is 0 Å². The molecule has 0 spiro atoms. The average molecular weight is 481 g/mol. The van der Waals surface area contributed by atoms with E-state index in [1.54, 1.807) is 6.21 Å². The van der Waals surface area contributed by atoms with Gasteiger partial charge in [0.25, 0.3) is 0 Å². The summed E-state index contributed by atoms with van der Waals surface area (Å²) in [7, 11) is 0. The summed E-state index contributed by atoms with van der Waals surface area (Å²) in [6.07, 6.45) is 6.48. The number of furan rings is 1. The minimum Gasteiger partial charge on any atom is -0.455 e. The number of halogens is 1. The van der Waals surface area contributed by atoms with Crippen LogP contribution >= 0.6 is 15.9 Å². The number of aromatic nitrogens is 2. The molecule has 0 bridgehead atoms. The molecule has 2 aliphatic heterocycles. The van der Waals surface area contributed by atoms with Crippen molar-refractivity contribution >= 4 is 39.7 Å². The van der Waals surface area contributed by atoms with Crippen LogP contribution < -0.4 is 15.2 Å². The van der Waals surface area contributed by atoms with Gasteiger partial charge in [-0.3, -0.25) is 5.43 Å². The van der Waals surface area contributed by atoms with Crippen LogP contribution in [0.4, 0.5) is 17.6 Å². The zero-order valence-electron chi connectivity index (χ0n) is 17.3. The van der Waals surface area contributed by atoms with E-state index in [0.29, 0.717) is 11.6 Å². The Balaban J connectivity index is 1.32. The maximum absolute atomic E-state index is 5.90. The fourth-order valence-electron chi connectivity index (χ4n) is 4.00. The van der Waals surface area contributed by atoms with Crippen LogP contribution in [0.2, 0.25) is 0 Å². The molecule has 7 nitrogen and oxygen atoms in total. The zero-order valence-corrected chi connectivity index (χ0v) is 18.9. The highest BCUT2D eigenvalue weighted by atomic mass is 79.9. The number of nitrogens with zero attached hydrogens (tertiary/aromatic N) is 5. The van der Waals surface area contributed by atoms with Crippen molar-refractivity contribution < 1.29 is 4.42 Å². The summed E-state index contributed by atoms with van der Waals surface area (Å²) < 4.78 is 6.95. The molecule has 3 aromatic rings. The summed E-state index contributed by atoms with van der Waals surface area (Å²) in [6, 6.07) is 13.9. The lowest BCUT2D eigenvalue weighted by Gasteiger charge is -2.21. The van der Waals surface area contributed by atoms with Crippen molar-refractivity contribution in [2.24, 2.45) is 5.10 Å². The standard InChI is InChI=1S/C23H25BrN6O/c24-18-7-5-17(6-8-18)20-10-9-19(31-20)16-25-28-21-15-22(29-11-1-2-12-29)27-23(26-21)30-13-3-4-14-30/h5-10,15-16H,1-4,11-14H2,(H,26,27,28)/b25-16-. The van der Waals surface area contributed by atoms with E-state index in [1.807, 2.05) is 42.5 Å². The maximum atomic E-state index is 5.90. The lowest BCUT2D eigenvalue weighted by molar-refractivity contribution is 0.575. The van der Waals surface area contributed by atoms with E-state index in [1.165, 1.54) is 25.7 Å². The number of benzene rings is 1. The Kier molecular flexibility index (Phi) is 5.88. The summed E-state index contributed by atoms with van der Waals surface area (Å²) in [5.74, 6) is 3.95. The minimum atomic E-state index is 0.680. The largest absolute Gasteiger partial charge is 0.455 e. The van der Waals surface area contributed by atoms with Crippen LogP contribution in [-0.2, 0) is 0 Å². The molecule has 2 saturated heterocycles. The van der Waals surface area contributed by atoms with Gasteiger partial charge in [-0.1, -0.05) is 28.1 Å². The number of hydrogen-bond acceptors (Lipinski definition) is 7. The number of hydrazone groups is 1. The van der Waals surface area contributed by atoms with Crippen LogP contribution in [0.15, 0.2) is 56.5 Å². The topological polar surface area (TPSA) is 69.8 Å². The molecule has 0 unspecified atom stereocenters. The Morgan fingerprint density at radius 2 is 1.61 bits per heavy atom. The van der Waals surface area contributed by atoms with Crippen molar-refractivity contribution in [1.82, 2.24) is 9.97 Å². The normalized spacial score (nSPS) is 16.5. The second kappa shape index (κ2) is 9.09. The zero-order chi connectivity index (χ0) is 21.0. The van der Waals surface area contributed by atoms with Gasteiger partial charge in [0.1, 0.15) is 17.3 Å². The summed E-state index contributed by atoms with van der Waals surface area (Å²) >= 11 is 3.46. The van der Waals surface area contributed by atoms with Crippen LogP contribution in [0.25, 0.3) is 11.3 Å². The van der Waals surface area contributed by atoms with Gasteiger partial charge in [-0.05, 0) is 49.9 Å². The molecule has 4 heterocycles. The molecular formula is C23H25BrN6O. The van der Waals surface area contributed by atoms with Gasteiger partial charge in [-0.25, -0.2) is 0 Å². The fraction of sp³-hybridized carbons (Fsp3) is 0.348. The lowest BCUT2D eigenvalue weighted by atomic mass is 10.2. The number of anilines is 3. The van der Waals surface area contributed by atoms with Gasteiger partial charge in [0.2, 0.25) is 5.95 Å². The first-order chi connectivity index (χ1) is 15.2. The van der Waals surface area contributed by atoms with Crippen LogP contribution in [0.1, 0.15) is 31.4 Å². The molecule has 1 N–H and O–H groups in total. The van der Waals surface area contributed by atoms with Gasteiger partial charge < -0.3 is 14.2 Å². The van der Waals surface area contributed by atoms with E-state index in [-0.39, 0.29) is 0 Å². The fourth-order valence-corrected chi connectivity index (χ4v) is 4.26. The van der Waals surface area contributed by atoms with Gasteiger partial charge >= 0.3 is 0 Å². The molecule has 0 aliphatic carbocycles. The van der Waals surface area contributed by atoms with Gasteiger partial charge in [0, 0.05) is 42.3 Å². The first-order valence-corrected chi connectivity index (χ1v) is 11.6. The van der Waals surface area contributed by atoms with Crippen molar-refractivity contribution in [3.05, 3.63) is 52.7 Å². The third kappa shape index (κ3) is 4.74. The van der Waals surface area contributed by atoms with Crippen LogP contribution in [0.5, 0.6) is 0 Å². The van der Waals surface area contributed by atoms with Crippen molar-refractivity contribution in [2.75, 3.05) is 41.4 Å². The summed E-state index contributed by atoms with van der Waals surface area (Å²) in [4.78, 5) is 14.1. The number of hydrogen-bond donors (Lipinski definition) is 1. The van der Waals surface area contributed by atoms with Gasteiger partial charge in [-0.2, -0.15) is 15.1 Å². The Morgan fingerprint density at radius 3 is 2.35 bits per heavy atom. The second-order valence-electron chi connectivity index (χ2n) is 7.88. The number of rotatable bonds is 6. The SMILES string of the molecule is Brc1ccc(-c2ccc(/C=N\Nc3cc(N4CCCC4)nc(N4CCCC4)n3)o2)cc1. The Morgan fingerprint density at radius 1 is 0.903 bits per heavy atom. The van der Waals surface area contributed by atoms with E-state index in [4.69, 9.17) is 14.4 Å². The Bertz CT molecular complexity index is 1020. The monoisotopic (exact) mass is 480 g/mol. The number of nitrogens with one attached hydrogen (secondary N) is 1. The Labute approximate surface area is 190 Å². The van der Waals surface area contributed by atoms with Crippen molar-refractivity contribution in [2.45, 2.75) is 25.7 Å². The molecule has 0 radical (unpaired) electrons. The molecule has 1 aromatic carbocycles.